The molecule has 0 aliphatic heterocycles. The second-order valence-corrected chi connectivity index (χ2v) is 6.56. The van der Waals surface area contributed by atoms with Crippen LogP contribution in [0.1, 0.15) is 5.56 Å². The fourth-order valence-electron chi connectivity index (χ4n) is 2.82. The van der Waals surface area contributed by atoms with E-state index in [0.717, 1.165) is 11.1 Å². The number of rotatable bonds is 6. The van der Waals surface area contributed by atoms with E-state index in [1.165, 1.54) is 12.1 Å². The van der Waals surface area contributed by atoms with Crippen molar-refractivity contribution in [2.75, 3.05) is 11.9 Å². The average molecular weight is 403 g/mol. The molecule has 4 rings (SSSR count). The third-order valence-corrected chi connectivity index (χ3v) is 4.47. The van der Waals surface area contributed by atoms with E-state index < -0.39 is 0 Å². The Hall–Kier alpha value is -4.00. The van der Waals surface area contributed by atoms with Crippen molar-refractivity contribution in [1.29, 1.82) is 0 Å². The number of anilines is 1. The topological polar surface area (TPSA) is 77.2 Å². The summed E-state index contributed by atoms with van der Waals surface area (Å²) in [6.45, 7) is 1.40. The highest BCUT2D eigenvalue weighted by atomic mass is 19.1. The van der Waals surface area contributed by atoms with E-state index >= 15 is 0 Å². The molecule has 1 amide bonds. The maximum atomic E-state index is 13.6. The zero-order chi connectivity index (χ0) is 20.9. The van der Waals surface area contributed by atoms with Gasteiger partial charge in [0.05, 0.1) is 0 Å². The van der Waals surface area contributed by atoms with Gasteiger partial charge in [0, 0.05) is 22.4 Å². The molecule has 7 heteroatoms. The van der Waals surface area contributed by atoms with Crippen LogP contribution in [0.2, 0.25) is 0 Å². The molecule has 1 N–H and O–H groups in total. The number of carbonyl (C=O) groups is 1. The minimum absolute atomic E-state index is 0.200. The molecule has 3 aromatic carbocycles. The molecule has 4 aromatic rings. The zero-order valence-electron chi connectivity index (χ0n) is 16.1. The molecule has 1 aromatic heterocycles. The molecule has 0 aliphatic rings. The highest BCUT2D eigenvalue weighted by Crippen LogP contribution is 2.24. The normalized spacial score (nSPS) is 10.6. The Morgan fingerprint density at radius 3 is 2.53 bits per heavy atom. The van der Waals surface area contributed by atoms with Crippen LogP contribution in [0.4, 0.5) is 10.1 Å². The largest absolute Gasteiger partial charge is 0.484 e. The SMILES string of the molecule is Cc1c(F)cccc1NC(=O)COc1ccc(-c2nc(-c3ccccc3)no2)cc1. The van der Waals surface area contributed by atoms with Crippen LogP contribution < -0.4 is 10.1 Å². The van der Waals surface area contributed by atoms with Crippen LogP contribution in [-0.2, 0) is 4.79 Å². The Morgan fingerprint density at radius 1 is 1.00 bits per heavy atom. The Bertz CT molecular complexity index is 1160. The first-order valence-corrected chi connectivity index (χ1v) is 9.27. The van der Waals surface area contributed by atoms with Crippen molar-refractivity contribution in [1.82, 2.24) is 10.1 Å². The summed E-state index contributed by atoms with van der Waals surface area (Å²) >= 11 is 0. The van der Waals surface area contributed by atoms with Crippen molar-refractivity contribution in [3.05, 3.63) is 84.2 Å². The lowest BCUT2D eigenvalue weighted by atomic mass is 10.2. The van der Waals surface area contributed by atoms with Gasteiger partial charge < -0.3 is 14.6 Å². The first-order chi connectivity index (χ1) is 14.6. The highest BCUT2D eigenvalue weighted by molar-refractivity contribution is 5.92. The van der Waals surface area contributed by atoms with Crippen molar-refractivity contribution < 1.29 is 18.4 Å². The summed E-state index contributed by atoms with van der Waals surface area (Å²) in [6, 6.07) is 21.0. The maximum absolute atomic E-state index is 13.6. The van der Waals surface area contributed by atoms with E-state index in [2.05, 4.69) is 15.5 Å². The van der Waals surface area contributed by atoms with E-state index in [1.54, 1.807) is 37.3 Å². The van der Waals surface area contributed by atoms with Crippen molar-refractivity contribution in [3.8, 4) is 28.6 Å². The molecule has 0 aliphatic carbocycles. The zero-order valence-corrected chi connectivity index (χ0v) is 16.1. The van der Waals surface area contributed by atoms with Crippen molar-refractivity contribution >= 4 is 11.6 Å². The summed E-state index contributed by atoms with van der Waals surface area (Å²) in [5.41, 5.74) is 2.40. The molecule has 1 heterocycles. The van der Waals surface area contributed by atoms with Gasteiger partial charge in [-0.05, 0) is 43.3 Å². The number of amides is 1. The summed E-state index contributed by atoms with van der Waals surface area (Å²) in [7, 11) is 0. The third-order valence-electron chi connectivity index (χ3n) is 4.47. The first-order valence-electron chi connectivity index (χ1n) is 9.27. The van der Waals surface area contributed by atoms with Crippen LogP contribution in [0.15, 0.2) is 77.3 Å². The van der Waals surface area contributed by atoms with Crippen LogP contribution in [0, 0.1) is 12.7 Å². The molecular formula is C23H18FN3O3. The van der Waals surface area contributed by atoms with Crippen molar-refractivity contribution in [2.45, 2.75) is 6.92 Å². The Morgan fingerprint density at radius 2 is 1.77 bits per heavy atom. The van der Waals surface area contributed by atoms with Gasteiger partial charge in [-0.15, -0.1) is 0 Å². The Kier molecular flexibility index (Phi) is 5.52. The molecule has 6 nitrogen and oxygen atoms in total. The molecule has 0 fully saturated rings. The number of aromatic nitrogens is 2. The first kappa shape index (κ1) is 19.3. The second kappa shape index (κ2) is 8.57. The summed E-state index contributed by atoms with van der Waals surface area (Å²) in [6.07, 6.45) is 0. The quantitative estimate of drug-likeness (QED) is 0.497. The monoisotopic (exact) mass is 403 g/mol. The van der Waals surface area contributed by atoms with Gasteiger partial charge >= 0.3 is 0 Å². The molecule has 0 saturated carbocycles. The molecule has 0 saturated heterocycles. The Balaban J connectivity index is 1.37. The van der Waals surface area contributed by atoms with Crippen molar-refractivity contribution in [3.63, 3.8) is 0 Å². The van der Waals surface area contributed by atoms with Crippen LogP contribution in [0.3, 0.4) is 0 Å². The number of carbonyl (C=O) groups excluding carboxylic acids is 1. The molecule has 0 unspecified atom stereocenters. The lowest BCUT2D eigenvalue weighted by Crippen LogP contribution is -2.20. The fourth-order valence-corrected chi connectivity index (χ4v) is 2.82. The summed E-state index contributed by atoms with van der Waals surface area (Å²) in [5, 5.41) is 6.64. The van der Waals surface area contributed by atoms with Crippen LogP contribution in [-0.4, -0.2) is 22.7 Å². The van der Waals surface area contributed by atoms with Gasteiger partial charge in [0.25, 0.3) is 11.8 Å². The van der Waals surface area contributed by atoms with Gasteiger partial charge in [0.1, 0.15) is 11.6 Å². The lowest BCUT2D eigenvalue weighted by molar-refractivity contribution is -0.118. The van der Waals surface area contributed by atoms with Crippen LogP contribution in [0.5, 0.6) is 5.75 Å². The van der Waals surface area contributed by atoms with Gasteiger partial charge in [-0.1, -0.05) is 41.6 Å². The third kappa shape index (κ3) is 4.35. The smallest absolute Gasteiger partial charge is 0.262 e. The number of nitrogens with one attached hydrogen (secondary N) is 1. The average Bonchev–Trinajstić information content (AvgIpc) is 3.27. The van der Waals surface area contributed by atoms with Crippen LogP contribution in [0.25, 0.3) is 22.8 Å². The molecule has 30 heavy (non-hydrogen) atoms. The fraction of sp³-hybridized carbons (Fsp3) is 0.0870. The number of ether oxygens (including phenoxy) is 1. The van der Waals surface area contributed by atoms with Crippen molar-refractivity contribution in [2.24, 2.45) is 0 Å². The molecule has 0 atom stereocenters. The number of hydrogen-bond acceptors (Lipinski definition) is 5. The minimum Gasteiger partial charge on any atom is -0.484 e. The summed E-state index contributed by atoms with van der Waals surface area (Å²) < 4.78 is 24.4. The van der Waals surface area contributed by atoms with E-state index in [-0.39, 0.29) is 18.3 Å². The molecule has 0 spiro atoms. The minimum atomic E-state index is -0.378. The maximum Gasteiger partial charge on any atom is 0.262 e. The van der Waals surface area contributed by atoms with Gasteiger partial charge in [0.15, 0.2) is 6.61 Å². The number of nitrogens with zero attached hydrogens (tertiary/aromatic N) is 2. The highest BCUT2D eigenvalue weighted by Gasteiger charge is 2.11. The standard InChI is InChI=1S/C23H18FN3O3/c1-15-19(24)8-5-9-20(15)25-21(28)14-29-18-12-10-17(11-13-18)23-26-22(27-30-23)16-6-3-2-4-7-16/h2-13H,14H2,1H3,(H,25,28). The molecule has 0 bridgehead atoms. The number of halogens is 1. The van der Waals surface area contributed by atoms with E-state index in [1.807, 2.05) is 30.3 Å². The van der Waals surface area contributed by atoms with E-state index in [0.29, 0.717) is 28.7 Å². The lowest BCUT2D eigenvalue weighted by Gasteiger charge is -2.10. The predicted molar refractivity (Wildman–Crippen MR) is 110 cm³/mol. The van der Waals surface area contributed by atoms with Gasteiger partial charge in [-0.2, -0.15) is 4.98 Å². The summed E-state index contributed by atoms with van der Waals surface area (Å²) in [5.74, 6) is 0.653. The van der Waals surface area contributed by atoms with E-state index in [9.17, 15) is 9.18 Å². The molecule has 0 radical (unpaired) electrons. The number of benzene rings is 3. The van der Waals surface area contributed by atoms with Crippen LogP contribution >= 0.6 is 0 Å². The van der Waals surface area contributed by atoms with Gasteiger partial charge in [-0.3, -0.25) is 4.79 Å². The second-order valence-electron chi connectivity index (χ2n) is 6.56. The predicted octanol–water partition coefficient (Wildman–Crippen LogP) is 4.87. The summed E-state index contributed by atoms with van der Waals surface area (Å²) in [4.78, 5) is 16.5. The number of hydrogen-bond donors (Lipinski definition) is 1. The Labute approximate surface area is 172 Å². The van der Waals surface area contributed by atoms with E-state index in [4.69, 9.17) is 9.26 Å². The van der Waals surface area contributed by atoms with Gasteiger partial charge in [0.2, 0.25) is 5.82 Å². The van der Waals surface area contributed by atoms with Gasteiger partial charge in [-0.25, -0.2) is 4.39 Å². The molecular weight excluding hydrogens is 385 g/mol. The molecule has 150 valence electrons.